The van der Waals surface area contributed by atoms with Gasteiger partial charge in [-0.15, -0.1) is 0 Å². The molecular formula is C27H28Cl2N10O4. The van der Waals surface area contributed by atoms with Gasteiger partial charge in [0.25, 0.3) is 5.56 Å². The molecule has 5 rings (SSSR count). The lowest BCUT2D eigenvalue weighted by Gasteiger charge is -2.18. The Bertz CT molecular complexity index is 1710. The Kier molecular flexibility index (Phi) is 9.21. The number of carbonyl (C=O) groups excluding carboxylic acids is 1. The summed E-state index contributed by atoms with van der Waals surface area (Å²) in [6, 6.07) is 9.38. The highest BCUT2D eigenvalue weighted by atomic mass is 35.5. The molecule has 1 aromatic carbocycles. The van der Waals surface area contributed by atoms with Gasteiger partial charge >= 0.3 is 6.09 Å². The zero-order chi connectivity index (χ0) is 30.5. The molecule has 0 radical (unpaired) electrons. The predicted octanol–water partition coefficient (Wildman–Crippen LogP) is 3.70. The second-order valence-corrected chi connectivity index (χ2v) is 10.3. The number of benzene rings is 1. The number of aryl methyl sites for hydroxylation is 1. The maximum absolute atomic E-state index is 13.4. The van der Waals surface area contributed by atoms with Crippen LogP contribution in [-0.2, 0) is 15.9 Å². The number of hydrogen-bond donors (Lipinski definition) is 4. The number of imidazole rings is 1. The van der Waals surface area contributed by atoms with Gasteiger partial charge in [0.05, 0.1) is 41.6 Å². The zero-order valence-electron chi connectivity index (χ0n) is 23.0. The van der Waals surface area contributed by atoms with Gasteiger partial charge in [0.1, 0.15) is 23.7 Å². The number of ether oxygens (including phenoxy) is 2. The van der Waals surface area contributed by atoms with Crippen LogP contribution in [0.15, 0.2) is 52.5 Å². The molecule has 4 aromatic rings. The van der Waals surface area contributed by atoms with Crippen molar-refractivity contribution in [3.05, 3.63) is 74.8 Å². The smallest absolute Gasteiger partial charge is 0.411 e. The van der Waals surface area contributed by atoms with Crippen molar-refractivity contribution in [1.82, 2.24) is 24.5 Å². The number of halogens is 2. The summed E-state index contributed by atoms with van der Waals surface area (Å²) >= 11 is 12.7. The lowest BCUT2D eigenvalue weighted by molar-refractivity contribution is 0.134. The van der Waals surface area contributed by atoms with Crippen LogP contribution in [0.4, 0.5) is 16.2 Å². The van der Waals surface area contributed by atoms with Crippen LogP contribution in [0.3, 0.4) is 0 Å². The number of hydrazone groups is 1. The number of methoxy groups -OCH3 is 1. The van der Waals surface area contributed by atoms with Crippen LogP contribution in [-0.4, -0.2) is 57.3 Å². The summed E-state index contributed by atoms with van der Waals surface area (Å²) in [7, 11) is 1.58. The van der Waals surface area contributed by atoms with Crippen molar-refractivity contribution in [2.45, 2.75) is 25.3 Å². The predicted molar refractivity (Wildman–Crippen MR) is 163 cm³/mol. The van der Waals surface area contributed by atoms with E-state index in [1.807, 2.05) is 0 Å². The van der Waals surface area contributed by atoms with E-state index in [1.54, 1.807) is 42.0 Å². The standard InChI is InChI=1S/C27H28Cl2N10O4/c1-42-9-2-10-43-27(41)34-16-4-5-18(32-13-16)24-25(29)37-26(36-24)21-7-8-22-35-19(12-23(40)39(21)22)17-11-15(28)3-6-20(17)38(31)14-33-30/h3-6,11-14,21H,2,7-10,30-31H2,1H3,(H,34,41)(H,36,37)/b33-14-. The molecule has 0 spiro atoms. The Morgan fingerprint density at radius 2 is 2.07 bits per heavy atom. The fourth-order valence-corrected chi connectivity index (χ4v) is 5.15. The number of nitrogens with two attached hydrogens (primary N) is 2. The molecule has 16 heteroatoms. The minimum atomic E-state index is -0.592. The van der Waals surface area contributed by atoms with Crippen LogP contribution in [0.2, 0.25) is 10.2 Å². The number of fused-ring (bicyclic) bond motifs is 1. The van der Waals surface area contributed by atoms with E-state index in [2.05, 4.69) is 25.4 Å². The van der Waals surface area contributed by atoms with Crippen molar-refractivity contribution in [2.24, 2.45) is 16.8 Å². The Balaban J connectivity index is 1.36. The third-order valence-corrected chi connectivity index (χ3v) is 7.18. The molecular weight excluding hydrogens is 599 g/mol. The molecule has 1 aliphatic heterocycles. The first kappa shape index (κ1) is 30.0. The van der Waals surface area contributed by atoms with E-state index < -0.39 is 12.1 Å². The van der Waals surface area contributed by atoms with Crippen molar-refractivity contribution in [2.75, 3.05) is 30.6 Å². The highest BCUT2D eigenvalue weighted by Crippen LogP contribution is 2.35. The molecule has 1 atom stereocenters. The van der Waals surface area contributed by atoms with E-state index in [0.717, 1.165) is 0 Å². The van der Waals surface area contributed by atoms with Crippen LogP contribution < -0.4 is 27.6 Å². The van der Waals surface area contributed by atoms with E-state index in [-0.39, 0.29) is 17.3 Å². The number of rotatable bonds is 10. The normalized spacial score (nSPS) is 14.2. The van der Waals surface area contributed by atoms with Crippen molar-refractivity contribution < 1.29 is 14.3 Å². The topological polar surface area (TPSA) is 192 Å². The van der Waals surface area contributed by atoms with Crippen LogP contribution in [0, 0.1) is 0 Å². The van der Waals surface area contributed by atoms with Gasteiger partial charge in [-0.05, 0) is 36.8 Å². The number of pyridine rings is 1. The molecule has 0 saturated heterocycles. The highest BCUT2D eigenvalue weighted by Gasteiger charge is 2.30. The monoisotopic (exact) mass is 626 g/mol. The minimum absolute atomic E-state index is 0.194. The average Bonchev–Trinajstić information content (AvgIpc) is 3.59. The average molecular weight is 627 g/mol. The maximum Gasteiger partial charge on any atom is 0.411 e. The highest BCUT2D eigenvalue weighted by molar-refractivity contribution is 6.32. The summed E-state index contributed by atoms with van der Waals surface area (Å²) < 4.78 is 11.6. The number of aromatic amines is 1. The van der Waals surface area contributed by atoms with E-state index in [1.165, 1.54) is 23.6 Å². The van der Waals surface area contributed by atoms with E-state index in [4.69, 9.17) is 49.3 Å². The summed E-state index contributed by atoms with van der Waals surface area (Å²) in [4.78, 5) is 42.2. The number of hydrogen-bond acceptors (Lipinski definition) is 10. The number of nitrogens with one attached hydrogen (secondary N) is 2. The zero-order valence-corrected chi connectivity index (χ0v) is 24.5. The molecule has 14 nitrogen and oxygen atoms in total. The van der Waals surface area contributed by atoms with Crippen molar-refractivity contribution in [3.63, 3.8) is 0 Å². The molecule has 0 fully saturated rings. The maximum atomic E-state index is 13.4. The Morgan fingerprint density at radius 3 is 2.81 bits per heavy atom. The first-order valence-corrected chi connectivity index (χ1v) is 13.9. The second kappa shape index (κ2) is 13.2. The molecule has 0 saturated carbocycles. The Labute approximate surface area is 255 Å². The number of H-pyrrole nitrogens is 1. The second-order valence-electron chi connectivity index (χ2n) is 9.48. The van der Waals surface area contributed by atoms with Gasteiger partial charge in [-0.1, -0.05) is 23.2 Å². The molecule has 0 aliphatic carbocycles. The van der Waals surface area contributed by atoms with Crippen LogP contribution in [0.5, 0.6) is 0 Å². The van der Waals surface area contributed by atoms with Gasteiger partial charge in [-0.3, -0.25) is 24.7 Å². The first-order chi connectivity index (χ1) is 20.8. The number of anilines is 2. The van der Waals surface area contributed by atoms with Gasteiger partial charge < -0.3 is 20.3 Å². The molecule has 1 aliphatic rings. The fourth-order valence-electron chi connectivity index (χ4n) is 4.75. The molecule has 3 aromatic heterocycles. The van der Waals surface area contributed by atoms with Gasteiger partial charge in [-0.2, -0.15) is 5.10 Å². The summed E-state index contributed by atoms with van der Waals surface area (Å²) in [5, 5.41) is 7.94. The third kappa shape index (κ3) is 6.62. The minimum Gasteiger partial charge on any atom is -0.449 e. The first-order valence-electron chi connectivity index (χ1n) is 13.1. The molecule has 0 bridgehead atoms. The lowest BCUT2D eigenvalue weighted by atomic mass is 10.1. The van der Waals surface area contributed by atoms with Crippen LogP contribution in [0.1, 0.15) is 30.5 Å². The summed E-state index contributed by atoms with van der Waals surface area (Å²) in [5.41, 5.74) is 2.62. The van der Waals surface area contributed by atoms with Gasteiger partial charge in [0.2, 0.25) is 0 Å². The van der Waals surface area contributed by atoms with Crippen molar-refractivity contribution in [1.29, 1.82) is 0 Å². The van der Waals surface area contributed by atoms with Gasteiger partial charge in [-0.25, -0.2) is 20.6 Å². The number of amides is 1. The number of hydrazine groups is 1. The number of aromatic nitrogens is 5. The summed E-state index contributed by atoms with van der Waals surface area (Å²) in [6.07, 6.45) is 3.81. The Morgan fingerprint density at radius 1 is 1.23 bits per heavy atom. The summed E-state index contributed by atoms with van der Waals surface area (Å²) in [5.74, 6) is 12.4. The number of carbonyl (C=O) groups is 1. The largest absolute Gasteiger partial charge is 0.449 e. The van der Waals surface area contributed by atoms with E-state index >= 15 is 0 Å². The molecule has 4 heterocycles. The third-order valence-electron chi connectivity index (χ3n) is 6.67. The fraction of sp³-hybridized carbons (Fsp3) is 0.259. The Hall–Kier alpha value is -4.50. The van der Waals surface area contributed by atoms with Gasteiger partial charge in [0, 0.05) is 43.2 Å². The molecule has 224 valence electrons. The van der Waals surface area contributed by atoms with E-state index in [0.29, 0.717) is 76.6 Å². The SMILES string of the molecule is COCCCOC(=O)Nc1ccc(-c2[nH]c(C3CCc4nc(-c5cc(Cl)ccc5N(N)/C=N\N)cc(=O)n43)nc2Cl)nc1. The van der Waals surface area contributed by atoms with Crippen LogP contribution >= 0.6 is 23.2 Å². The molecule has 1 amide bonds. The van der Waals surface area contributed by atoms with E-state index in [9.17, 15) is 9.59 Å². The van der Waals surface area contributed by atoms with Gasteiger partial charge in [0.15, 0.2) is 5.15 Å². The molecule has 6 N–H and O–H groups in total. The molecule has 1 unspecified atom stereocenters. The van der Waals surface area contributed by atoms with Crippen LogP contribution in [0.25, 0.3) is 22.6 Å². The quantitative estimate of drug-likeness (QED) is 0.0663. The summed E-state index contributed by atoms with van der Waals surface area (Å²) in [6.45, 7) is 0.734. The molecule has 43 heavy (non-hydrogen) atoms. The van der Waals surface area contributed by atoms with Crippen molar-refractivity contribution >= 4 is 47.0 Å². The lowest BCUT2D eigenvalue weighted by Crippen LogP contribution is -2.30. The van der Waals surface area contributed by atoms with Crippen molar-refractivity contribution in [3.8, 4) is 22.6 Å². The number of nitrogens with zero attached hydrogens (tertiary/aromatic N) is 6.